The fourth-order valence-electron chi connectivity index (χ4n) is 6.39. The van der Waals surface area contributed by atoms with Crippen molar-refractivity contribution in [2.24, 2.45) is 7.05 Å². The first-order valence-corrected chi connectivity index (χ1v) is 16.7. The van der Waals surface area contributed by atoms with Gasteiger partial charge in [-0.25, -0.2) is 0 Å². The van der Waals surface area contributed by atoms with E-state index >= 15 is 0 Å². The molecule has 0 saturated carbocycles. The van der Waals surface area contributed by atoms with E-state index in [0.29, 0.717) is 0 Å². The Morgan fingerprint density at radius 3 is 1.67 bits per heavy atom. The molecule has 0 spiro atoms. The summed E-state index contributed by atoms with van der Waals surface area (Å²) in [5.74, 6) is 0.389. The van der Waals surface area contributed by atoms with E-state index in [2.05, 4.69) is 51.4 Å². The van der Waals surface area contributed by atoms with Crippen LogP contribution in [0.15, 0.2) is 77.5 Å². The zero-order chi connectivity index (χ0) is 32.8. The summed E-state index contributed by atoms with van der Waals surface area (Å²) in [6.07, 6.45) is 10.2. The summed E-state index contributed by atoms with van der Waals surface area (Å²) in [6.45, 7) is 7.41. The molecule has 0 bridgehead atoms. The summed E-state index contributed by atoms with van der Waals surface area (Å²) in [6, 6.07) is 20.6. The minimum absolute atomic E-state index is 0.115. The highest BCUT2D eigenvalue weighted by molar-refractivity contribution is 9.10. The molecule has 0 unspecified atom stereocenters. The molecule has 0 N–H and O–H groups in total. The van der Waals surface area contributed by atoms with Crippen LogP contribution in [0.5, 0.6) is 0 Å². The van der Waals surface area contributed by atoms with Crippen molar-refractivity contribution in [3.05, 3.63) is 94.2 Å². The second-order valence-corrected chi connectivity index (χ2v) is 12.9. The predicted molar refractivity (Wildman–Crippen MR) is 188 cm³/mol. The third-order valence-corrected chi connectivity index (χ3v) is 9.15. The van der Waals surface area contributed by atoms with Crippen LogP contribution >= 0.6 is 15.9 Å². The number of aryl methyl sites for hydroxylation is 4. The normalized spacial score (nSPS) is 14.8. The minimum atomic E-state index is 0.115. The van der Waals surface area contributed by atoms with Crippen LogP contribution in [0.3, 0.4) is 0 Å². The average molecular weight is 685 g/mol. The first-order chi connectivity index (χ1) is 22.1. The van der Waals surface area contributed by atoms with Gasteiger partial charge in [-0.15, -0.1) is 0 Å². The van der Waals surface area contributed by atoms with E-state index < -0.39 is 0 Å². The summed E-state index contributed by atoms with van der Waals surface area (Å²) in [5, 5.41) is 4.20. The Kier molecular flexibility index (Phi) is 10.7. The summed E-state index contributed by atoms with van der Waals surface area (Å²) in [4.78, 5) is 40.0. The Bertz CT molecular complexity index is 1730. The number of benzene rings is 3. The van der Waals surface area contributed by atoms with Gasteiger partial charge in [-0.05, 0) is 85.0 Å². The van der Waals surface area contributed by atoms with Crippen LogP contribution in [0, 0.1) is 0 Å². The highest BCUT2D eigenvalue weighted by atomic mass is 79.9. The average Bonchev–Trinajstić information content (AvgIpc) is 3.50. The van der Waals surface area contributed by atoms with Gasteiger partial charge in [0.1, 0.15) is 0 Å². The molecule has 8 nitrogen and oxygen atoms in total. The van der Waals surface area contributed by atoms with Crippen molar-refractivity contribution in [2.75, 3.05) is 34.3 Å². The third kappa shape index (κ3) is 7.76. The number of halogens is 1. The maximum Gasteiger partial charge on any atom is 0.223 e. The third-order valence-electron chi connectivity index (χ3n) is 8.66. The molecule has 4 aromatic rings. The Hall–Kier alpha value is -4.24. The molecule has 0 fully saturated rings. The Morgan fingerprint density at radius 1 is 0.630 bits per heavy atom. The Morgan fingerprint density at radius 2 is 1.13 bits per heavy atom. The molecule has 3 aliphatic rings. The van der Waals surface area contributed by atoms with Crippen molar-refractivity contribution in [3.8, 4) is 11.1 Å². The molecule has 46 heavy (non-hydrogen) atoms. The number of fused-ring (bicyclic) bond motifs is 3. The Balaban J connectivity index is 0.000000139. The maximum absolute atomic E-state index is 11.7. The van der Waals surface area contributed by atoms with E-state index in [0.717, 1.165) is 90.8 Å². The number of hydrogen-bond donors (Lipinski definition) is 0. The molecular weight excluding hydrogens is 642 g/mol. The first kappa shape index (κ1) is 33.1. The standard InChI is InChI=1S/C15H17N3O.C11H12BrNO.C11H13NO/c1-11(19)18-7-3-4-12-5-6-13(8-15(12)18)14-9-16-17(2)10-14;1-8(14)13-6-2-3-9-4-5-10(12)7-11(9)13;1-9(13)12-8-4-6-10-5-2-3-7-11(10)12/h5-6,8-10H,3-4,7H2,1-2H3;4-5,7H,2-3,6H2,1H3;2-3,5,7H,4,6,8H2,1H3. The number of amides is 3. The van der Waals surface area contributed by atoms with Crippen LogP contribution in [0.4, 0.5) is 17.1 Å². The smallest absolute Gasteiger partial charge is 0.223 e. The van der Waals surface area contributed by atoms with Gasteiger partial charge in [0.25, 0.3) is 0 Å². The number of carbonyl (C=O) groups is 3. The van der Waals surface area contributed by atoms with Crippen LogP contribution in [0.2, 0.25) is 0 Å². The SMILES string of the molecule is CC(=O)N1CCCc2ccc(-c3cnn(C)c3)cc21.CC(=O)N1CCCc2ccc(Br)cc21.CC(=O)N1CCCc2ccccc21. The summed E-state index contributed by atoms with van der Waals surface area (Å²) < 4.78 is 2.82. The van der Waals surface area contributed by atoms with Gasteiger partial charge in [0.2, 0.25) is 17.7 Å². The van der Waals surface area contributed by atoms with Gasteiger partial charge in [0.05, 0.1) is 6.20 Å². The lowest BCUT2D eigenvalue weighted by Crippen LogP contribution is -2.33. The van der Waals surface area contributed by atoms with Crippen LogP contribution in [0.25, 0.3) is 11.1 Å². The minimum Gasteiger partial charge on any atom is -0.312 e. The molecule has 0 radical (unpaired) electrons. The van der Waals surface area contributed by atoms with E-state index in [9.17, 15) is 14.4 Å². The molecular formula is C37H42BrN5O3. The van der Waals surface area contributed by atoms with Gasteiger partial charge < -0.3 is 14.7 Å². The molecule has 240 valence electrons. The maximum atomic E-state index is 11.7. The monoisotopic (exact) mass is 683 g/mol. The zero-order valence-electron chi connectivity index (χ0n) is 27.1. The van der Waals surface area contributed by atoms with Crippen molar-refractivity contribution in [2.45, 2.75) is 59.3 Å². The predicted octanol–water partition coefficient (Wildman–Crippen LogP) is 7.12. The van der Waals surface area contributed by atoms with Crippen molar-refractivity contribution in [1.82, 2.24) is 9.78 Å². The van der Waals surface area contributed by atoms with E-state index in [1.807, 2.05) is 64.5 Å². The van der Waals surface area contributed by atoms with E-state index in [-0.39, 0.29) is 17.7 Å². The molecule has 0 aliphatic carbocycles. The highest BCUT2D eigenvalue weighted by Crippen LogP contribution is 2.33. The lowest BCUT2D eigenvalue weighted by Gasteiger charge is -2.29. The molecule has 4 heterocycles. The number of rotatable bonds is 1. The number of aromatic nitrogens is 2. The van der Waals surface area contributed by atoms with Crippen LogP contribution in [-0.2, 0) is 40.7 Å². The largest absolute Gasteiger partial charge is 0.312 e. The number of para-hydroxylation sites is 1. The van der Waals surface area contributed by atoms with Gasteiger partial charge in [0, 0.05) is 80.7 Å². The van der Waals surface area contributed by atoms with Crippen molar-refractivity contribution in [3.63, 3.8) is 0 Å². The van der Waals surface area contributed by atoms with E-state index in [4.69, 9.17) is 0 Å². The quantitative estimate of drug-likeness (QED) is 0.214. The van der Waals surface area contributed by atoms with Crippen LogP contribution in [0.1, 0.15) is 56.7 Å². The summed E-state index contributed by atoms with van der Waals surface area (Å²) >= 11 is 3.43. The number of anilines is 3. The second-order valence-electron chi connectivity index (χ2n) is 12.0. The molecule has 3 aliphatic heterocycles. The van der Waals surface area contributed by atoms with E-state index in [1.165, 1.54) is 16.7 Å². The fourth-order valence-corrected chi connectivity index (χ4v) is 6.74. The zero-order valence-corrected chi connectivity index (χ0v) is 28.7. The molecule has 0 atom stereocenters. The molecule has 9 heteroatoms. The lowest BCUT2D eigenvalue weighted by molar-refractivity contribution is -0.117. The van der Waals surface area contributed by atoms with Crippen molar-refractivity contribution in [1.29, 1.82) is 0 Å². The summed E-state index contributed by atoms with van der Waals surface area (Å²) in [5.41, 5.74) is 9.24. The van der Waals surface area contributed by atoms with Crippen molar-refractivity contribution < 1.29 is 14.4 Å². The number of carbonyl (C=O) groups excluding carboxylic acids is 3. The Labute approximate surface area is 280 Å². The van der Waals surface area contributed by atoms with Gasteiger partial charge in [-0.2, -0.15) is 5.10 Å². The molecule has 0 saturated heterocycles. The van der Waals surface area contributed by atoms with Crippen LogP contribution < -0.4 is 14.7 Å². The molecule has 3 aromatic carbocycles. The highest BCUT2D eigenvalue weighted by Gasteiger charge is 2.22. The van der Waals surface area contributed by atoms with Gasteiger partial charge in [0.15, 0.2) is 0 Å². The topological polar surface area (TPSA) is 78.8 Å². The van der Waals surface area contributed by atoms with Gasteiger partial charge in [-0.3, -0.25) is 19.1 Å². The van der Waals surface area contributed by atoms with Gasteiger partial charge in [-0.1, -0.05) is 52.3 Å². The lowest BCUT2D eigenvalue weighted by atomic mass is 9.98. The molecule has 1 aromatic heterocycles. The second kappa shape index (κ2) is 14.9. The first-order valence-electron chi connectivity index (χ1n) is 15.9. The van der Waals surface area contributed by atoms with E-state index in [1.54, 1.807) is 25.5 Å². The molecule has 3 amide bonds. The summed E-state index contributed by atoms with van der Waals surface area (Å²) in [7, 11) is 1.91. The van der Waals surface area contributed by atoms with Gasteiger partial charge >= 0.3 is 0 Å². The number of nitrogens with zero attached hydrogens (tertiary/aromatic N) is 5. The number of hydrogen-bond acceptors (Lipinski definition) is 4. The fraction of sp³-hybridized carbons (Fsp3) is 0.351. The van der Waals surface area contributed by atoms with Crippen molar-refractivity contribution >= 4 is 50.7 Å². The molecule has 7 rings (SSSR count). The van der Waals surface area contributed by atoms with Crippen LogP contribution in [-0.4, -0.2) is 47.1 Å².